The Hall–Kier alpha value is -1.28. The van der Waals surface area contributed by atoms with Crippen molar-refractivity contribution < 1.29 is 4.74 Å². The predicted molar refractivity (Wildman–Crippen MR) is 78.1 cm³/mol. The summed E-state index contributed by atoms with van der Waals surface area (Å²) in [5, 5.41) is 3.42. The number of para-hydroxylation sites is 1. The molecule has 0 aliphatic carbocycles. The second kappa shape index (κ2) is 8.76. The number of benzene rings is 1. The average Bonchev–Trinajstić information content (AvgIpc) is 2.37. The molecule has 0 atom stereocenters. The van der Waals surface area contributed by atoms with Crippen LogP contribution in [-0.2, 0) is 6.54 Å². The number of unbranched alkanes of at least 4 members (excludes halogenated alkanes) is 1. The first-order valence-electron chi connectivity index (χ1n) is 6.82. The van der Waals surface area contributed by atoms with E-state index in [1.54, 1.807) is 0 Å². The van der Waals surface area contributed by atoms with Crippen molar-refractivity contribution >= 4 is 0 Å². The Morgan fingerprint density at radius 2 is 2.22 bits per heavy atom. The predicted octanol–water partition coefficient (Wildman–Crippen LogP) is 3.84. The highest BCUT2D eigenvalue weighted by Crippen LogP contribution is 2.23. The van der Waals surface area contributed by atoms with Gasteiger partial charge in [0.05, 0.1) is 6.61 Å². The molecule has 1 aromatic carbocycles. The summed E-state index contributed by atoms with van der Waals surface area (Å²) in [6.07, 6.45) is 5.13. The smallest absolute Gasteiger partial charge is 0.126 e. The molecule has 0 spiro atoms. The first-order chi connectivity index (χ1) is 8.79. The van der Waals surface area contributed by atoms with Gasteiger partial charge in [-0.1, -0.05) is 31.2 Å². The molecular formula is C16H25NO. The summed E-state index contributed by atoms with van der Waals surface area (Å²) >= 11 is 0. The number of aryl methyl sites for hydroxylation is 1. The van der Waals surface area contributed by atoms with Crippen molar-refractivity contribution in [1.82, 2.24) is 5.32 Å². The first-order valence-corrected chi connectivity index (χ1v) is 6.82. The van der Waals surface area contributed by atoms with E-state index in [9.17, 15) is 0 Å². The van der Waals surface area contributed by atoms with Crippen LogP contribution >= 0.6 is 0 Å². The lowest BCUT2D eigenvalue weighted by atomic mass is 10.1. The van der Waals surface area contributed by atoms with Crippen molar-refractivity contribution in [2.75, 3.05) is 13.2 Å². The molecule has 0 fully saturated rings. The van der Waals surface area contributed by atoms with Gasteiger partial charge in [0, 0.05) is 12.1 Å². The maximum Gasteiger partial charge on any atom is 0.126 e. The van der Waals surface area contributed by atoms with Crippen LogP contribution in [0.2, 0.25) is 0 Å². The third kappa shape index (κ3) is 4.92. The van der Waals surface area contributed by atoms with Gasteiger partial charge in [-0.2, -0.15) is 0 Å². The van der Waals surface area contributed by atoms with Crippen LogP contribution in [0.1, 0.15) is 37.3 Å². The number of nitrogens with one attached hydrogen (secondary N) is 1. The van der Waals surface area contributed by atoms with Crippen LogP contribution in [0, 0.1) is 6.92 Å². The standard InChI is InChI=1S/C16H25NO/c1-4-6-7-12-18-16-14(3)9-8-10-15(16)13-17-11-5-2/h4,8-10,17H,1,5-7,11-13H2,2-3H3. The molecule has 1 N–H and O–H groups in total. The summed E-state index contributed by atoms with van der Waals surface area (Å²) in [4.78, 5) is 0. The quantitative estimate of drug-likeness (QED) is 0.529. The second-order valence-electron chi connectivity index (χ2n) is 4.52. The van der Waals surface area contributed by atoms with Crippen LogP contribution in [0.3, 0.4) is 0 Å². The molecule has 0 amide bonds. The molecule has 100 valence electrons. The van der Waals surface area contributed by atoms with Gasteiger partial charge < -0.3 is 10.1 Å². The minimum absolute atomic E-state index is 0.762. The SMILES string of the molecule is C=CCCCOc1c(C)cccc1CNCCC. The average molecular weight is 247 g/mol. The monoisotopic (exact) mass is 247 g/mol. The molecule has 1 rings (SSSR count). The van der Waals surface area contributed by atoms with Crippen molar-refractivity contribution in [3.8, 4) is 5.75 Å². The number of hydrogen-bond donors (Lipinski definition) is 1. The highest BCUT2D eigenvalue weighted by atomic mass is 16.5. The van der Waals surface area contributed by atoms with Crippen LogP contribution in [0.5, 0.6) is 5.75 Å². The van der Waals surface area contributed by atoms with E-state index in [0.29, 0.717) is 0 Å². The van der Waals surface area contributed by atoms with Crippen molar-refractivity contribution in [3.63, 3.8) is 0 Å². The van der Waals surface area contributed by atoms with Gasteiger partial charge in [-0.3, -0.25) is 0 Å². The van der Waals surface area contributed by atoms with E-state index in [4.69, 9.17) is 4.74 Å². The molecule has 2 heteroatoms. The largest absolute Gasteiger partial charge is 0.493 e. The van der Waals surface area contributed by atoms with Crippen LogP contribution in [0.15, 0.2) is 30.9 Å². The fourth-order valence-corrected chi connectivity index (χ4v) is 1.86. The van der Waals surface area contributed by atoms with Gasteiger partial charge in [0.25, 0.3) is 0 Å². The number of allylic oxidation sites excluding steroid dienone is 1. The Bertz CT molecular complexity index is 360. The van der Waals surface area contributed by atoms with E-state index in [2.05, 4.69) is 43.9 Å². The normalized spacial score (nSPS) is 10.3. The van der Waals surface area contributed by atoms with Gasteiger partial charge in [0.15, 0.2) is 0 Å². The van der Waals surface area contributed by atoms with Crippen LogP contribution < -0.4 is 10.1 Å². The van der Waals surface area contributed by atoms with E-state index < -0.39 is 0 Å². The Kier molecular flexibility index (Phi) is 7.19. The molecule has 0 radical (unpaired) electrons. The van der Waals surface area contributed by atoms with Gasteiger partial charge >= 0.3 is 0 Å². The Morgan fingerprint density at radius 1 is 1.39 bits per heavy atom. The molecule has 0 saturated heterocycles. The maximum atomic E-state index is 5.91. The molecule has 2 nitrogen and oxygen atoms in total. The zero-order chi connectivity index (χ0) is 13.2. The Balaban J connectivity index is 2.58. The van der Waals surface area contributed by atoms with Gasteiger partial charge in [-0.15, -0.1) is 6.58 Å². The highest BCUT2D eigenvalue weighted by molar-refractivity contribution is 5.40. The number of ether oxygens (including phenoxy) is 1. The Labute approximate surface area is 111 Å². The number of hydrogen-bond acceptors (Lipinski definition) is 2. The zero-order valence-corrected chi connectivity index (χ0v) is 11.7. The summed E-state index contributed by atoms with van der Waals surface area (Å²) in [5.41, 5.74) is 2.46. The minimum atomic E-state index is 0.762. The minimum Gasteiger partial charge on any atom is -0.493 e. The van der Waals surface area contributed by atoms with Crippen LogP contribution in [-0.4, -0.2) is 13.2 Å². The first kappa shape index (κ1) is 14.8. The molecule has 18 heavy (non-hydrogen) atoms. The van der Waals surface area contributed by atoms with E-state index in [1.165, 1.54) is 11.1 Å². The van der Waals surface area contributed by atoms with Gasteiger partial charge in [-0.25, -0.2) is 0 Å². The van der Waals surface area contributed by atoms with E-state index in [0.717, 1.165) is 44.7 Å². The maximum absolute atomic E-state index is 5.91. The van der Waals surface area contributed by atoms with Crippen molar-refractivity contribution in [2.24, 2.45) is 0 Å². The zero-order valence-electron chi connectivity index (χ0n) is 11.7. The lowest BCUT2D eigenvalue weighted by Gasteiger charge is -2.14. The van der Waals surface area contributed by atoms with Crippen molar-refractivity contribution in [1.29, 1.82) is 0 Å². The molecular weight excluding hydrogens is 222 g/mol. The summed E-state index contributed by atoms with van der Waals surface area (Å²) in [6, 6.07) is 6.33. The summed E-state index contributed by atoms with van der Waals surface area (Å²) in [5.74, 6) is 1.05. The van der Waals surface area contributed by atoms with Crippen molar-refractivity contribution in [3.05, 3.63) is 42.0 Å². The van der Waals surface area contributed by atoms with Gasteiger partial charge in [0.1, 0.15) is 5.75 Å². The number of rotatable bonds is 9. The molecule has 0 unspecified atom stereocenters. The molecule has 0 saturated carbocycles. The van der Waals surface area contributed by atoms with E-state index in [1.807, 2.05) is 6.08 Å². The Morgan fingerprint density at radius 3 is 2.94 bits per heavy atom. The molecule has 0 heterocycles. The lowest BCUT2D eigenvalue weighted by molar-refractivity contribution is 0.306. The third-order valence-corrected chi connectivity index (χ3v) is 2.83. The second-order valence-corrected chi connectivity index (χ2v) is 4.52. The summed E-state index contributed by atoms with van der Waals surface area (Å²) < 4.78 is 5.91. The van der Waals surface area contributed by atoms with Crippen LogP contribution in [0.25, 0.3) is 0 Å². The van der Waals surface area contributed by atoms with E-state index in [-0.39, 0.29) is 0 Å². The van der Waals surface area contributed by atoms with Crippen LogP contribution in [0.4, 0.5) is 0 Å². The summed E-state index contributed by atoms with van der Waals surface area (Å²) in [7, 11) is 0. The fraction of sp³-hybridized carbons (Fsp3) is 0.500. The van der Waals surface area contributed by atoms with Crippen molar-refractivity contribution in [2.45, 2.75) is 39.7 Å². The fourth-order valence-electron chi connectivity index (χ4n) is 1.86. The molecule has 0 aliphatic heterocycles. The van der Waals surface area contributed by atoms with Gasteiger partial charge in [0.2, 0.25) is 0 Å². The molecule has 1 aromatic rings. The topological polar surface area (TPSA) is 21.3 Å². The van der Waals surface area contributed by atoms with E-state index >= 15 is 0 Å². The third-order valence-electron chi connectivity index (χ3n) is 2.83. The molecule has 0 bridgehead atoms. The lowest BCUT2D eigenvalue weighted by Crippen LogP contribution is -2.15. The van der Waals surface area contributed by atoms with Gasteiger partial charge in [-0.05, 0) is 38.3 Å². The highest BCUT2D eigenvalue weighted by Gasteiger charge is 2.06. The summed E-state index contributed by atoms with van der Waals surface area (Å²) in [6.45, 7) is 10.7. The molecule has 0 aliphatic rings. The molecule has 0 aromatic heterocycles.